The lowest BCUT2D eigenvalue weighted by Crippen LogP contribution is -2.38. The van der Waals surface area contributed by atoms with Gasteiger partial charge in [-0.25, -0.2) is 14.4 Å². The summed E-state index contributed by atoms with van der Waals surface area (Å²) in [6.07, 6.45) is 4.56. The van der Waals surface area contributed by atoms with Gasteiger partial charge in [0.25, 0.3) is 5.91 Å². The molecule has 1 aliphatic rings. The number of aromatic nitrogens is 3. The molecule has 0 unspecified atom stereocenters. The molecule has 2 aromatic heterocycles. The Labute approximate surface area is 108 Å². The van der Waals surface area contributed by atoms with Gasteiger partial charge in [-0.3, -0.25) is 4.79 Å². The normalized spacial score (nSPS) is 14.3. The second-order valence-corrected chi connectivity index (χ2v) is 4.35. The maximum atomic E-state index is 13.2. The summed E-state index contributed by atoms with van der Waals surface area (Å²) in [4.78, 5) is 21.7. The van der Waals surface area contributed by atoms with Gasteiger partial charge in [0.15, 0.2) is 0 Å². The highest BCUT2D eigenvalue weighted by molar-refractivity contribution is 5.98. The van der Waals surface area contributed by atoms with Crippen molar-refractivity contribution in [1.82, 2.24) is 19.4 Å². The lowest BCUT2D eigenvalue weighted by atomic mass is 10.2. The molecule has 0 saturated carbocycles. The van der Waals surface area contributed by atoms with Gasteiger partial charge < -0.3 is 15.2 Å². The van der Waals surface area contributed by atoms with Crippen LogP contribution in [-0.4, -0.2) is 31.9 Å². The molecule has 1 amide bonds. The Bertz CT molecular complexity index is 639. The number of fused-ring (bicyclic) bond motifs is 1. The second-order valence-electron chi connectivity index (χ2n) is 4.35. The summed E-state index contributed by atoms with van der Waals surface area (Å²) in [7, 11) is 0. The van der Waals surface area contributed by atoms with E-state index in [2.05, 4.69) is 9.97 Å². The Kier molecular flexibility index (Phi) is 2.66. The molecule has 2 aromatic rings. The van der Waals surface area contributed by atoms with Crippen molar-refractivity contribution >= 4 is 11.7 Å². The molecule has 0 saturated heterocycles. The number of amides is 1. The lowest BCUT2D eigenvalue weighted by molar-refractivity contribution is 0.0707. The molecular formula is C12H12FN5O. The van der Waals surface area contributed by atoms with Crippen LogP contribution in [0, 0.1) is 5.82 Å². The molecule has 3 heterocycles. The number of pyridine rings is 1. The van der Waals surface area contributed by atoms with Crippen LogP contribution >= 0.6 is 0 Å². The SMILES string of the molecule is Nc1ncc(F)cc1C(=O)N1CCn2ccnc2C1. The number of nitrogens with two attached hydrogens (primary N) is 1. The third-order valence-corrected chi connectivity index (χ3v) is 3.15. The van der Waals surface area contributed by atoms with Crippen molar-refractivity contribution in [2.45, 2.75) is 13.1 Å². The van der Waals surface area contributed by atoms with Gasteiger partial charge >= 0.3 is 0 Å². The first-order chi connectivity index (χ1) is 9.15. The standard InChI is InChI=1S/C12H12FN5O/c13-8-5-9(11(14)16-6-8)12(19)18-4-3-17-2-1-15-10(17)7-18/h1-2,5-6H,3-4,7H2,(H2,14,16). The Morgan fingerprint density at radius 2 is 2.21 bits per heavy atom. The first-order valence-corrected chi connectivity index (χ1v) is 5.85. The summed E-state index contributed by atoms with van der Waals surface area (Å²) in [5.41, 5.74) is 5.72. The topological polar surface area (TPSA) is 77.0 Å². The zero-order valence-corrected chi connectivity index (χ0v) is 10.1. The van der Waals surface area contributed by atoms with Gasteiger partial charge in [0, 0.05) is 25.5 Å². The fourth-order valence-corrected chi connectivity index (χ4v) is 2.14. The molecule has 98 valence electrons. The van der Waals surface area contributed by atoms with E-state index in [0.29, 0.717) is 19.6 Å². The fraction of sp³-hybridized carbons (Fsp3) is 0.250. The van der Waals surface area contributed by atoms with Crippen molar-refractivity contribution in [3.63, 3.8) is 0 Å². The maximum absolute atomic E-state index is 13.2. The average Bonchev–Trinajstić information content (AvgIpc) is 2.88. The number of halogens is 1. The largest absolute Gasteiger partial charge is 0.383 e. The average molecular weight is 261 g/mol. The van der Waals surface area contributed by atoms with Crippen LogP contribution in [0.5, 0.6) is 0 Å². The highest BCUT2D eigenvalue weighted by atomic mass is 19.1. The van der Waals surface area contributed by atoms with Gasteiger partial charge in [0.1, 0.15) is 17.5 Å². The van der Waals surface area contributed by atoms with E-state index in [9.17, 15) is 9.18 Å². The van der Waals surface area contributed by atoms with E-state index < -0.39 is 5.82 Å². The van der Waals surface area contributed by atoms with Crippen LogP contribution < -0.4 is 5.73 Å². The predicted molar refractivity (Wildman–Crippen MR) is 65.6 cm³/mol. The van der Waals surface area contributed by atoms with Crippen molar-refractivity contribution in [2.75, 3.05) is 12.3 Å². The number of hydrogen-bond acceptors (Lipinski definition) is 4. The summed E-state index contributed by atoms with van der Waals surface area (Å²) in [6.45, 7) is 1.60. The molecule has 0 spiro atoms. The first kappa shape index (κ1) is 11.6. The number of nitrogens with zero attached hydrogens (tertiary/aromatic N) is 4. The minimum absolute atomic E-state index is 0.0420. The number of hydrogen-bond donors (Lipinski definition) is 1. The number of carbonyl (C=O) groups excluding carboxylic acids is 1. The molecular weight excluding hydrogens is 249 g/mol. The third kappa shape index (κ3) is 2.03. The van der Waals surface area contributed by atoms with Gasteiger partial charge in [-0.05, 0) is 6.07 Å². The predicted octanol–water partition coefficient (Wildman–Crippen LogP) is 0.655. The van der Waals surface area contributed by atoms with E-state index in [0.717, 1.165) is 18.1 Å². The Morgan fingerprint density at radius 1 is 1.37 bits per heavy atom. The maximum Gasteiger partial charge on any atom is 0.258 e. The number of rotatable bonds is 1. The van der Waals surface area contributed by atoms with Crippen LogP contribution in [0.25, 0.3) is 0 Å². The molecule has 19 heavy (non-hydrogen) atoms. The third-order valence-electron chi connectivity index (χ3n) is 3.15. The monoisotopic (exact) mass is 261 g/mol. The zero-order chi connectivity index (χ0) is 13.4. The van der Waals surface area contributed by atoms with E-state index in [1.54, 1.807) is 11.1 Å². The molecule has 0 atom stereocenters. The van der Waals surface area contributed by atoms with Gasteiger partial charge in [-0.2, -0.15) is 0 Å². The Hall–Kier alpha value is -2.44. The van der Waals surface area contributed by atoms with E-state index >= 15 is 0 Å². The first-order valence-electron chi connectivity index (χ1n) is 5.85. The number of imidazole rings is 1. The Morgan fingerprint density at radius 3 is 3.05 bits per heavy atom. The lowest BCUT2D eigenvalue weighted by Gasteiger charge is -2.27. The van der Waals surface area contributed by atoms with Crippen molar-refractivity contribution < 1.29 is 9.18 Å². The zero-order valence-electron chi connectivity index (χ0n) is 10.1. The molecule has 7 heteroatoms. The second kappa shape index (κ2) is 4.34. The van der Waals surface area contributed by atoms with Gasteiger partial charge in [0.05, 0.1) is 18.3 Å². The highest BCUT2D eigenvalue weighted by Gasteiger charge is 2.24. The summed E-state index contributed by atoms with van der Waals surface area (Å²) in [5.74, 6) is -0.0438. The molecule has 0 radical (unpaired) electrons. The minimum Gasteiger partial charge on any atom is -0.383 e. The smallest absolute Gasteiger partial charge is 0.258 e. The summed E-state index contributed by atoms with van der Waals surface area (Å²) in [6, 6.07) is 1.12. The van der Waals surface area contributed by atoms with Crippen LogP contribution in [0.3, 0.4) is 0 Å². The van der Waals surface area contributed by atoms with Crippen LogP contribution in [0.15, 0.2) is 24.7 Å². The van der Waals surface area contributed by atoms with E-state index in [-0.39, 0.29) is 17.3 Å². The van der Waals surface area contributed by atoms with Crippen molar-refractivity contribution in [2.24, 2.45) is 0 Å². The molecule has 0 aliphatic carbocycles. The molecule has 0 bridgehead atoms. The van der Waals surface area contributed by atoms with Crippen LogP contribution in [0.1, 0.15) is 16.2 Å². The number of carbonyl (C=O) groups is 1. The highest BCUT2D eigenvalue weighted by Crippen LogP contribution is 2.17. The molecule has 2 N–H and O–H groups in total. The summed E-state index contributed by atoms with van der Waals surface area (Å²) < 4.78 is 15.1. The molecule has 6 nitrogen and oxygen atoms in total. The van der Waals surface area contributed by atoms with Gasteiger partial charge in [0.2, 0.25) is 0 Å². The molecule has 0 fully saturated rings. The quantitative estimate of drug-likeness (QED) is 0.818. The number of nitrogen functional groups attached to an aromatic ring is 1. The molecule has 1 aliphatic heterocycles. The van der Waals surface area contributed by atoms with Gasteiger partial charge in [-0.15, -0.1) is 0 Å². The van der Waals surface area contributed by atoms with Crippen molar-refractivity contribution in [3.05, 3.63) is 41.9 Å². The van der Waals surface area contributed by atoms with Crippen molar-refractivity contribution in [1.29, 1.82) is 0 Å². The van der Waals surface area contributed by atoms with Crippen molar-refractivity contribution in [3.8, 4) is 0 Å². The fourth-order valence-electron chi connectivity index (χ4n) is 2.14. The minimum atomic E-state index is -0.573. The van der Waals surface area contributed by atoms with Crippen LogP contribution in [0.4, 0.5) is 10.2 Å². The van der Waals surface area contributed by atoms with E-state index in [1.807, 2.05) is 10.8 Å². The summed E-state index contributed by atoms with van der Waals surface area (Å²) >= 11 is 0. The van der Waals surface area contributed by atoms with E-state index in [4.69, 9.17) is 5.73 Å². The van der Waals surface area contributed by atoms with E-state index in [1.165, 1.54) is 0 Å². The molecule has 0 aromatic carbocycles. The summed E-state index contributed by atoms with van der Waals surface area (Å²) in [5, 5.41) is 0. The molecule has 3 rings (SSSR count). The van der Waals surface area contributed by atoms with Gasteiger partial charge in [-0.1, -0.05) is 0 Å². The number of anilines is 1. The van der Waals surface area contributed by atoms with Crippen LogP contribution in [-0.2, 0) is 13.1 Å². The Balaban J connectivity index is 1.87. The van der Waals surface area contributed by atoms with Crippen LogP contribution in [0.2, 0.25) is 0 Å².